The quantitative estimate of drug-likeness (QED) is 0.159. The molecule has 0 fully saturated rings. The van der Waals surface area contributed by atoms with Gasteiger partial charge in [0.2, 0.25) is 0 Å². The summed E-state index contributed by atoms with van der Waals surface area (Å²) in [5.74, 6) is 1.43. The molecule has 0 spiro atoms. The van der Waals surface area contributed by atoms with E-state index < -0.39 is 0 Å². The zero-order valence-corrected chi connectivity index (χ0v) is 39.7. The predicted octanol–water partition coefficient (Wildman–Crippen LogP) is 12.1. The molecular formula is C66H45B2N3O. The molecule has 19 rings (SSSR count). The van der Waals surface area contributed by atoms with E-state index in [2.05, 4.69) is 190 Å². The highest BCUT2D eigenvalue weighted by atomic mass is 16.3. The van der Waals surface area contributed by atoms with Crippen LogP contribution in [-0.2, 0) is 6.42 Å². The number of furan rings is 1. The van der Waals surface area contributed by atoms with Gasteiger partial charge in [0.25, 0.3) is 13.7 Å². The van der Waals surface area contributed by atoms with Crippen LogP contribution in [0.2, 0.25) is 11.6 Å². The first kappa shape index (κ1) is 37.8. The van der Waals surface area contributed by atoms with Gasteiger partial charge in [-0.25, -0.2) is 0 Å². The third-order valence-corrected chi connectivity index (χ3v) is 19.3. The average Bonchev–Trinajstić information content (AvgIpc) is 4.29. The monoisotopic (exact) mass is 917 g/mol. The maximum absolute atomic E-state index is 6.77. The maximum atomic E-state index is 6.77. The van der Waals surface area contributed by atoms with Gasteiger partial charge in [-0.15, -0.1) is 0 Å². The molecule has 4 aromatic heterocycles. The third-order valence-electron chi connectivity index (χ3n) is 19.3. The zero-order chi connectivity index (χ0) is 46.2. The van der Waals surface area contributed by atoms with Gasteiger partial charge >= 0.3 is 0 Å². The molecular weight excluding hydrogens is 872 g/mol. The molecule has 6 heteroatoms. The number of hydrogen-bond acceptors (Lipinski definition) is 1. The van der Waals surface area contributed by atoms with E-state index in [-0.39, 0.29) is 6.85 Å². The van der Waals surface area contributed by atoms with Crippen LogP contribution in [-0.4, -0.2) is 27.2 Å². The molecule has 0 saturated heterocycles. The number of fused-ring (bicyclic) bond motifs is 22. The molecule has 4 nitrogen and oxygen atoms in total. The lowest BCUT2D eigenvalue weighted by molar-refractivity contribution is 0.571. The SMILES string of the molecule is C1=CC2=C3B(C4CC=c5c(c6ccccc6n5-c5cccc(C6=CCC7C8=CCCc9c8n(c8ccccc98)B8C7=C6C6=c7c(oc9ccccc79)=CCC86)c5)=C24)n2c4ccccc4c4cccc(c42)C3C1. The van der Waals surface area contributed by atoms with Crippen molar-refractivity contribution < 1.29 is 4.42 Å². The van der Waals surface area contributed by atoms with Crippen LogP contribution in [0.15, 0.2) is 190 Å². The van der Waals surface area contributed by atoms with Crippen molar-refractivity contribution >= 4 is 103 Å². The predicted molar refractivity (Wildman–Crippen MR) is 297 cm³/mol. The number of nitrogens with zero attached hydrogens (tertiary/aromatic N) is 3. The summed E-state index contributed by atoms with van der Waals surface area (Å²) >= 11 is 0. The lowest BCUT2D eigenvalue weighted by Crippen LogP contribution is -2.41. The summed E-state index contributed by atoms with van der Waals surface area (Å²) in [6, 6.07) is 53.3. The lowest BCUT2D eigenvalue weighted by Gasteiger charge is -2.39. The molecule has 72 heavy (non-hydrogen) atoms. The molecule has 6 aromatic carbocycles. The molecule has 8 heterocycles. The van der Waals surface area contributed by atoms with Crippen molar-refractivity contribution in [3.05, 3.63) is 230 Å². The van der Waals surface area contributed by atoms with Crippen LogP contribution in [0.1, 0.15) is 60.4 Å². The van der Waals surface area contributed by atoms with Crippen LogP contribution < -0.4 is 21.2 Å². The Balaban J connectivity index is 0.845. The minimum Gasteiger partial charge on any atom is -0.456 e. The summed E-state index contributed by atoms with van der Waals surface area (Å²) in [6.07, 6.45) is 21.5. The van der Waals surface area contributed by atoms with Gasteiger partial charge < -0.3 is 17.9 Å². The molecule has 0 bridgehead atoms. The van der Waals surface area contributed by atoms with E-state index >= 15 is 0 Å². The first-order valence-corrected chi connectivity index (χ1v) is 26.6. The number of aromatic nitrogens is 3. The summed E-state index contributed by atoms with van der Waals surface area (Å²) < 4.78 is 15.0. The Morgan fingerprint density at radius 3 is 2.22 bits per heavy atom. The van der Waals surface area contributed by atoms with Crippen molar-refractivity contribution in [2.24, 2.45) is 5.92 Å². The molecule has 4 atom stereocenters. The molecule has 0 saturated carbocycles. The number of para-hydroxylation sites is 5. The summed E-state index contributed by atoms with van der Waals surface area (Å²) in [5.41, 5.74) is 26.9. The van der Waals surface area contributed by atoms with Crippen molar-refractivity contribution in [3.63, 3.8) is 0 Å². The Kier molecular flexibility index (Phi) is 6.89. The Hall–Kier alpha value is -7.95. The summed E-state index contributed by atoms with van der Waals surface area (Å²) in [4.78, 5) is 0. The molecule has 4 aliphatic heterocycles. The van der Waals surface area contributed by atoms with E-state index in [9.17, 15) is 0 Å². The van der Waals surface area contributed by atoms with Crippen LogP contribution in [0.3, 0.4) is 0 Å². The standard InChI is InChI=1S/C66H45B2N3O/c1-6-26-53-39(15-1)43-20-11-22-45-41-19-10-24-49-58-50(67(63(41)49)70(53)65(43)45)31-33-55-59(58)47-17-3-5-25-52(47)69(55)37-14-9-13-36(35-37)38-29-30-42-46-23-12-21-44-40-16-2-7-27-54(40)71(66(44)46)68-51-32-34-57-60(62(51)61(38)64(42)68)48-18-4-8-28-56(48)72-57/h1-11,13-18,20,22-29,33-35,41-42,50-51H,12,19,21,30-32H2. The highest BCUT2D eigenvalue weighted by Gasteiger charge is 2.55. The molecule has 5 aliphatic carbocycles. The largest absolute Gasteiger partial charge is 0.456 e. The van der Waals surface area contributed by atoms with Crippen molar-refractivity contribution in [2.45, 2.75) is 56.1 Å². The minimum absolute atomic E-state index is 0.251. The van der Waals surface area contributed by atoms with Crippen molar-refractivity contribution in [2.75, 3.05) is 0 Å². The van der Waals surface area contributed by atoms with E-state index in [0.717, 1.165) is 49.5 Å². The fourth-order valence-corrected chi connectivity index (χ4v) is 16.9. The van der Waals surface area contributed by atoms with E-state index in [0.29, 0.717) is 30.3 Å². The number of rotatable bonds is 2. The number of aryl methyl sites for hydroxylation is 1. The third kappa shape index (κ3) is 4.33. The molecule has 0 amide bonds. The van der Waals surface area contributed by atoms with E-state index in [1.54, 1.807) is 27.7 Å². The van der Waals surface area contributed by atoms with Crippen molar-refractivity contribution in [3.8, 4) is 5.69 Å². The Morgan fingerprint density at radius 2 is 1.31 bits per heavy atom. The smallest absolute Gasteiger partial charge is 0.299 e. The summed E-state index contributed by atoms with van der Waals surface area (Å²) in [6.45, 7) is 0.549. The first-order chi connectivity index (χ1) is 35.8. The van der Waals surface area contributed by atoms with Crippen molar-refractivity contribution in [1.29, 1.82) is 0 Å². The van der Waals surface area contributed by atoms with Crippen LogP contribution in [0, 0.1) is 5.92 Å². The van der Waals surface area contributed by atoms with Gasteiger partial charge in [-0.2, -0.15) is 0 Å². The first-order valence-electron chi connectivity index (χ1n) is 26.6. The van der Waals surface area contributed by atoms with Crippen LogP contribution in [0.25, 0.3) is 94.7 Å². The fraction of sp³-hybridized carbons (Fsp3) is 0.152. The number of hydrogen-bond donors (Lipinski definition) is 0. The normalized spacial score (nSPS) is 22.5. The summed E-state index contributed by atoms with van der Waals surface area (Å²) in [7, 11) is 0. The van der Waals surface area contributed by atoms with E-state index in [1.807, 2.05) is 0 Å². The maximum Gasteiger partial charge on any atom is 0.299 e. The minimum atomic E-state index is 0.251. The molecule has 9 aliphatic rings. The van der Waals surface area contributed by atoms with Gasteiger partial charge in [-0.3, -0.25) is 0 Å². The summed E-state index contributed by atoms with van der Waals surface area (Å²) in [5, 5.41) is 10.9. The molecule has 4 unspecified atom stereocenters. The van der Waals surface area contributed by atoms with E-state index in [4.69, 9.17) is 4.42 Å². The number of allylic oxidation sites excluding steroid dienone is 10. The molecule has 10 aromatic rings. The Morgan fingerprint density at radius 1 is 0.556 bits per heavy atom. The molecule has 0 N–H and O–H groups in total. The Labute approximate surface area is 415 Å². The van der Waals surface area contributed by atoms with Gasteiger partial charge in [0.15, 0.2) is 0 Å². The zero-order valence-electron chi connectivity index (χ0n) is 39.7. The second-order valence-electron chi connectivity index (χ2n) is 22.1. The van der Waals surface area contributed by atoms with Crippen molar-refractivity contribution in [1.82, 2.24) is 13.5 Å². The van der Waals surface area contributed by atoms with Gasteiger partial charge in [-0.1, -0.05) is 144 Å². The highest BCUT2D eigenvalue weighted by molar-refractivity contribution is 6.75. The number of benzene rings is 6. The van der Waals surface area contributed by atoms with Crippen LogP contribution in [0.4, 0.5) is 0 Å². The van der Waals surface area contributed by atoms with Gasteiger partial charge in [-0.05, 0) is 143 Å². The lowest BCUT2D eigenvalue weighted by atomic mass is 9.42. The topological polar surface area (TPSA) is 27.9 Å². The van der Waals surface area contributed by atoms with Gasteiger partial charge in [0.05, 0.1) is 10.9 Å². The average molecular weight is 918 g/mol. The second kappa shape index (κ2) is 13.1. The van der Waals surface area contributed by atoms with Crippen LogP contribution in [0.5, 0.6) is 0 Å². The fourth-order valence-electron chi connectivity index (χ4n) is 16.9. The highest BCUT2D eigenvalue weighted by Crippen LogP contribution is 2.62. The van der Waals surface area contributed by atoms with Gasteiger partial charge in [0.1, 0.15) is 11.0 Å². The van der Waals surface area contributed by atoms with Gasteiger partial charge in [0, 0.05) is 77.1 Å². The molecule has 0 radical (unpaired) electrons. The van der Waals surface area contributed by atoms with Crippen LogP contribution >= 0.6 is 0 Å². The second-order valence-corrected chi connectivity index (χ2v) is 22.1. The van der Waals surface area contributed by atoms with E-state index in [1.165, 1.54) is 110 Å². The molecule has 336 valence electrons. The Bertz CT molecular complexity index is 4750.